The molecule has 0 saturated carbocycles. The molecule has 1 aromatic heterocycles. The SMILES string of the molecule is N=C(NCC(=O)Nc1ccccc1-c1ccccc1S(N)(=O)=O)c1ccc2[nH]c(=O)[nH]c2c1. The summed E-state index contributed by atoms with van der Waals surface area (Å²) in [7, 11) is -3.97. The lowest BCUT2D eigenvalue weighted by Crippen LogP contribution is -2.33. The predicted octanol–water partition coefficient (Wildman–Crippen LogP) is 1.72. The first-order chi connectivity index (χ1) is 15.7. The summed E-state index contributed by atoms with van der Waals surface area (Å²) in [6, 6.07) is 18.0. The van der Waals surface area contributed by atoms with Gasteiger partial charge in [-0.3, -0.25) is 10.2 Å². The number of nitrogens with one attached hydrogen (secondary N) is 5. The molecular formula is C22H20N6O4S. The van der Waals surface area contributed by atoms with Crippen LogP contribution in [0.2, 0.25) is 0 Å². The minimum absolute atomic E-state index is 0.00181. The number of para-hydroxylation sites is 1. The number of sulfonamides is 1. The Morgan fingerprint density at radius 2 is 1.61 bits per heavy atom. The normalized spacial score (nSPS) is 11.3. The van der Waals surface area contributed by atoms with E-state index in [1.165, 1.54) is 6.07 Å². The van der Waals surface area contributed by atoms with E-state index in [-0.39, 0.29) is 23.0 Å². The van der Waals surface area contributed by atoms with Crippen molar-refractivity contribution in [3.05, 3.63) is 82.8 Å². The molecule has 1 heterocycles. The number of imidazole rings is 1. The third-order valence-electron chi connectivity index (χ3n) is 4.92. The van der Waals surface area contributed by atoms with Gasteiger partial charge in [-0.05, 0) is 30.3 Å². The number of primary sulfonamides is 1. The summed E-state index contributed by atoms with van der Waals surface area (Å²) < 4.78 is 24.0. The van der Waals surface area contributed by atoms with Gasteiger partial charge >= 0.3 is 5.69 Å². The lowest BCUT2D eigenvalue weighted by atomic mass is 10.0. The van der Waals surface area contributed by atoms with E-state index in [0.29, 0.717) is 33.4 Å². The summed E-state index contributed by atoms with van der Waals surface area (Å²) in [4.78, 5) is 29.1. The fourth-order valence-corrected chi connectivity index (χ4v) is 4.17. The van der Waals surface area contributed by atoms with Crippen molar-refractivity contribution in [1.29, 1.82) is 5.41 Å². The number of benzene rings is 3. The molecule has 0 radical (unpaired) electrons. The van der Waals surface area contributed by atoms with Crippen LogP contribution in [0.3, 0.4) is 0 Å². The zero-order chi connectivity index (χ0) is 23.6. The molecule has 0 aliphatic rings. The maximum atomic E-state index is 12.6. The number of H-pyrrole nitrogens is 2. The predicted molar refractivity (Wildman–Crippen MR) is 126 cm³/mol. The van der Waals surface area contributed by atoms with Gasteiger partial charge in [0.15, 0.2) is 0 Å². The van der Waals surface area contributed by atoms with Gasteiger partial charge in [0.05, 0.1) is 22.5 Å². The Hall–Kier alpha value is -4.22. The number of hydrogen-bond donors (Lipinski definition) is 6. The molecule has 0 aliphatic heterocycles. The average molecular weight is 465 g/mol. The van der Waals surface area contributed by atoms with Crippen LogP contribution < -0.4 is 21.5 Å². The second kappa shape index (κ2) is 8.73. The molecule has 4 aromatic rings. The van der Waals surface area contributed by atoms with E-state index in [1.807, 2.05) is 0 Å². The van der Waals surface area contributed by atoms with Gasteiger partial charge in [0.25, 0.3) is 0 Å². The maximum Gasteiger partial charge on any atom is 0.323 e. The third kappa shape index (κ3) is 4.84. The van der Waals surface area contributed by atoms with Gasteiger partial charge in [-0.15, -0.1) is 0 Å². The summed E-state index contributed by atoms with van der Waals surface area (Å²) in [5.74, 6) is -0.432. The molecular weight excluding hydrogens is 444 g/mol. The summed E-state index contributed by atoms with van der Waals surface area (Å²) in [6.45, 7) is -0.203. The molecule has 168 valence electrons. The van der Waals surface area contributed by atoms with Crippen LogP contribution in [0.1, 0.15) is 5.56 Å². The monoisotopic (exact) mass is 464 g/mol. The Morgan fingerprint density at radius 1 is 0.939 bits per heavy atom. The first-order valence-electron chi connectivity index (χ1n) is 9.78. The number of anilines is 1. The number of amidine groups is 1. The molecule has 11 heteroatoms. The molecule has 0 aliphatic carbocycles. The number of aromatic amines is 2. The average Bonchev–Trinajstić information content (AvgIpc) is 3.16. The number of fused-ring (bicyclic) bond motifs is 1. The Morgan fingerprint density at radius 3 is 2.36 bits per heavy atom. The molecule has 0 saturated heterocycles. The Bertz CT molecular complexity index is 1540. The van der Waals surface area contributed by atoms with Crippen molar-refractivity contribution >= 4 is 38.5 Å². The highest BCUT2D eigenvalue weighted by molar-refractivity contribution is 7.89. The van der Waals surface area contributed by atoms with E-state index in [1.54, 1.807) is 60.7 Å². The molecule has 0 unspecified atom stereocenters. The van der Waals surface area contributed by atoms with E-state index < -0.39 is 15.9 Å². The van der Waals surface area contributed by atoms with Crippen LogP contribution in [-0.4, -0.2) is 36.7 Å². The van der Waals surface area contributed by atoms with Crippen molar-refractivity contribution in [1.82, 2.24) is 15.3 Å². The molecule has 0 fully saturated rings. The van der Waals surface area contributed by atoms with Gasteiger partial charge < -0.3 is 20.6 Å². The fourth-order valence-electron chi connectivity index (χ4n) is 3.42. The number of nitrogens with two attached hydrogens (primary N) is 1. The van der Waals surface area contributed by atoms with Gasteiger partial charge in [0.2, 0.25) is 15.9 Å². The minimum atomic E-state index is -3.97. The topological polar surface area (TPSA) is 174 Å². The zero-order valence-corrected chi connectivity index (χ0v) is 18.0. The van der Waals surface area contributed by atoms with Gasteiger partial charge in [-0.1, -0.05) is 36.4 Å². The first-order valence-corrected chi connectivity index (χ1v) is 11.3. The number of rotatable bonds is 6. The minimum Gasteiger partial charge on any atom is -0.361 e. The number of hydrogen-bond acceptors (Lipinski definition) is 5. The number of carbonyl (C=O) groups excluding carboxylic acids is 1. The first kappa shape index (κ1) is 22.0. The Labute approximate surface area is 188 Å². The van der Waals surface area contributed by atoms with Crippen molar-refractivity contribution in [2.75, 3.05) is 11.9 Å². The second-order valence-electron chi connectivity index (χ2n) is 7.20. The largest absolute Gasteiger partial charge is 0.361 e. The number of carbonyl (C=O) groups is 1. The summed E-state index contributed by atoms with van der Waals surface area (Å²) in [5.41, 5.74) is 2.58. The molecule has 1 amide bonds. The van der Waals surface area contributed by atoms with Crippen LogP contribution in [0.5, 0.6) is 0 Å². The lowest BCUT2D eigenvalue weighted by Gasteiger charge is -2.14. The van der Waals surface area contributed by atoms with Gasteiger partial charge in [-0.2, -0.15) is 0 Å². The van der Waals surface area contributed by atoms with Crippen LogP contribution >= 0.6 is 0 Å². The summed E-state index contributed by atoms with van der Waals surface area (Å²) in [6.07, 6.45) is 0. The van der Waals surface area contributed by atoms with Crippen molar-refractivity contribution < 1.29 is 13.2 Å². The Balaban J connectivity index is 1.50. The third-order valence-corrected chi connectivity index (χ3v) is 5.88. The van der Waals surface area contributed by atoms with Crippen molar-refractivity contribution in [2.45, 2.75) is 4.90 Å². The number of amides is 1. The highest BCUT2D eigenvalue weighted by atomic mass is 32.2. The van der Waals surface area contributed by atoms with Crippen LogP contribution in [0, 0.1) is 5.41 Å². The molecule has 3 aromatic carbocycles. The van der Waals surface area contributed by atoms with Crippen molar-refractivity contribution in [2.24, 2.45) is 5.14 Å². The van der Waals surface area contributed by atoms with E-state index in [0.717, 1.165) is 0 Å². The standard InChI is InChI=1S/C22H20N6O4S/c23-21(13-9-10-17-18(11-13)28-22(30)27-17)25-12-20(29)26-16-7-3-1-5-14(16)15-6-2-4-8-19(15)33(24,31)32/h1-11H,12H2,(H2,23,25)(H,26,29)(H2,24,31,32)(H2,27,28,30). The lowest BCUT2D eigenvalue weighted by molar-refractivity contribution is -0.115. The maximum absolute atomic E-state index is 12.6. The summed E-state index contributed by atoms with van der Waals surface area (Å²) >= 11 is 0. The number of aromatic nitrogens is 2. The molecule has 0 spiro atoms. The highest BCUT2D eigenvalue weighted by Gasteiger charge is 2.17. The van der Waals surface area contributed by atoms with Gasteiger partial charge in [0, 0.05) is 22.4 Å². The van der Waals surface area contributed by atoms with E-state index >= 15 is 0 Å². The smallest absolute Gasteiger partial charge is 0.323 e. The fraction of sp³-hybridized carbons (Fsp3) is 0.0455. The van der Waals surface area contributed by atoms with Crippen LogP contribution in [-0.2, 0) is 14.8 Å². The molecule has 0 atom stereocenters. The molecule has 7 N–H and O–H groups in total. The van der Waals surface area contributed by atoms with Gasteiger partial charge in [0.1, 0.15) is 5.84 Å². The van der Waals surface area contributed by atoms with Crippen LogP contribution in [0.15, 0.2) is 76.4 Å². The molecule has 4 rings (SSSR count). The van der Waals surface area contributed by atoms with Gasteiger partial charge in [-0.25, -0.2) is 18.4 Å². The highest BCUT2D eigenvalue weighted by Crippen LogP contribution is 2.32. The molecule has 10 nitrogen and oxygen atoms in total. The van der Waals surface area contributed by atoms with E-state index in [4.69, 9.17) is 10.5 Å². The zero-order valence-electron chi connectivity index (χ0n) is 17.2. The van der Waals surface area contributed by atoms with Crippen molar-refractivity contribution in [3.63, 3.8) is 0 Å². The Kier molecular flexibility index (Phi) is 5.82. The van der Waals surface area contributed by atoms with E-state index in [9.17, 15) is 18.0 Å². The summed E-state index contributed by atoms with van der Waals surface area (Å²) in [5, 5.41) is 19.0. The molecule has 33 heavy (non-hydrogen) atoms. The quantitative estimate of drug-likeness (QED) is 0.188. The molecule has 0 bridgehead atoms. The van der Waals surface area contributed by atoms with Crippen LogP contribution in [0.25, 0.3) is 22.2 Å². The van der Waals surface area contributed by atoms with Crippen molar-refractivity contribution in [3.8, 4) is 11.1 Å². The van der Waals surface area contributed by atoms with E-state index in [2.05, 4.69) is 20.6 Å². The van der Waals surface area contributed by atoms with Crippen LogP contribution in [0.4, 0.5) is 5.69 Å². The second-order valence-corrected chi connectivity index (χ2v) is 8.73.